The van der Waals surface area contributed by atoms with E-state index in [2.05, 4.69) is 15.6 Å². The van der Waals surface area contributed by atoms with Gasteiger partial charge in [0.05, 0.1) is 0 Å². The van der Waals surface area contributed by atoms with Gasteiger partial charge in [-0.15, -0.1) is 5.10 Å². The number of amides is 1. The van der Waals surface area contributed by atoms with Gasteiger partial charge in [-0.05, 0) is 6.92 Å². The molecule has 1 amide bonds. The lowest BCUT2D eigenvalue weighted by atomic mass is 10.3. The van der Waals surface area contributed by atoms with Crippen LogP contribution in [0.2, 0.25) is 0 Å². The molecule has 1 N–H and O–H groups in total. The Labute approximate surface area is 83.3 Å². The summed E-state index contributed by atoms with van der Waals surface area (Å²) in [5.41, 5.74) is -1.85. The molecule has 84 valence electrons. The summed E-state index contributed by atoms with van der Waals surface area (Å²) in [6, 6.07) is 0. The van der Waals surface area contributed by atoms with Gasteiger partial charge in [0.15, 0.2) is 11.4 Å². The van der Waals surface area contributed by atoms with Gasteiger partial charge in [-0.25, -0.2) is 4.68 Å². The summed E-state index contributed by atoms with van der Waals surface area (Å²) in [4.78, 5) is 11.2. The van der Waals surface area contributed by atoms with Crippen LogP contribution in [0.1, 0.15) is 23.1 Å². The lowest BCUT2D eigenvalue weighted by Gasteiger charge is -2.07. The summed E-state index contributed by atoms with van der Waals surface area (Å²) in [5.74, 6) is -0.877. The van der Waals surface area contributed by atoms with Crippen LogP contribution in [0, 0.1) is 0 Å². The van der Waals surface area contributed by atoms with Gasteiger partial charge in [0.25, 0.3) is 5.91 Å². The van der Waals surface area contributed by atoms with Crippen LogP contribution in [-0.2, 0) is 13.2 Å². The Balaban J connectivity index is 3.15. The molecule has 0 saturated heterocycles. The maximum atomic E-state index is 12.5. The highest BCUT2D eigenvalue weighted by Gasteiger charge is 2.40. The molecule has 0 fully saturated rings. The van der Waals surface area contributed by atoms with Crippen molar-refractivity contribution in [3.05, 3.63) is 11.4 Å². The predicted octanol–water partition coefficient (Wildman–Crippen LogP) is 0.584. The molecule has 0 unspecified atom stereocenters. The largest absolute Gasteiger partial charge is 0.435 e. The summed E-state index contributed by atoms with van der Waals surface area (Å²) in [7, 11) is 1.08. The van der Waals surface area contributed by atoms with Crippen LogP contribution >= 0.6 is 0 Å². The highest BCUT2D eigenvalue weighted by molar-refractivity contribution is 5.93. The van der Waals surface area contributed by atoms with Crippen LogP contribution in [0.3, 0.4) is 0 Å². The fourth-order valence-electron chi connectivity index (χ4n) is 1.07. The van der Waals surface area contributed by atoms with E-state index in [0.29, 0.717) is 4.68 Å². The fourth-order valence-corrected chi connectivity index (χ4v) is 1.07. The number of nitrogens with one attached hydrogen (secondary N) is 1. The lowest BCUT2D eigenvalue weighted by molar-refractivity contribution is -0.144. The normalized spacial score (nSPS) is 11.5. The average Bonchev–Trinajstić information content (AvgIpc) is 2.46. The van der Waals surface area contributed by atoms with Crippen molar-refractivity contribution >= 4 is 5.91 Å². The monoisotopic (exact) mass is 222 g/mol. The van der Waals surface area contributed by atoms with Gasteiger partial charge >= 0.3 is 6.18 Å². The van der Waals surface area contributed by atoms with Crippen LogP contribution in [0.25, 0.3) is 0 Å². The smallest absolute Gasteiger partial charge is 0.351 e. The van der Waals surface area contributed by atoms with E-state index in [1.54, 1.807) is 6.92 Å². The minimum atomic E-state index is -4.64. The zero-order valence-corrected chi connectivity index (χ0v) is 8.09. The molecule has 0 radical (unpaired) electrons. The molecule has 0 saturated carbocycles. The molecular weight excluding hydrogens is 213 g/mol. The van der Waals surface area contributed by atoms with E-state index in [1.165, 1.54) is 0 Å². The van der Waals surface area contributed by atoms with E-state index in [1.807, 2.05) is 0 Å². The molecule has 1 aromatic heterocycles. The van der Waals surface area contributed by atoms with E-state index in [4.69, 9.17) is 0 Å². The molecule has 1 heterocycles. The number of carbonyl (C=O) groups is 1. The maximum Gasteiger partial charge on any atom is 0.435 e. The topological polar surface area (TPSA) is 59.8 Å². The number of nitrogens with zero attached hydrogens (tertiary/aromatic N) is 3. The van der Waals surface area contributed by atoms with Gasteiger partial charge in [0.2, 0.25) is 0 Å². The summed E-state index contributed by atoms with van der Waals surface area (Å²) in [6.45, 7) is 1.83. The molecule has 15 heavy (non-hydrogen) atoms. The van der Waals surface area contributed by atoms with Crippen LogP contribution < -0.4 is 5.32 Å². The van der Waals surface area contributed by atoms with Crippen LogP contribution in [0.4, 0.5) is 13.2 Å². The number of halogens is 3. The van der Waals surface area contributed by atoms with Crippen molar-refractivity contribution in [2.45, 2.75) is 13.1 Å². The zero-order chi connectivity index (χ0) is 11.6. The highest BCUT2D eigenvalue weighted by atomic mass is 19.4. The molecule has 0 atom stereocenters. The Morgan fingerprint density at radius 1 is 1.53 bits per heavy atom. The zero-order valence-electron chi connectivity index (χ0n) is 8.09. The fraction of sp³-hybridized carbons (Fsp3) is 0.571. The number of aryl methyl sites for hydroxylation is 1. The molecule has 0 bridgehead atoms. The van der Waals surface area contributed by atoms with Crippen LogP contribution in [0.5, 0.6) is 0 Å². The first-order chi connectivity index (χ1) is 6.88. The summed E-state index contributed by atoms with van der Waals surface area (Å²) in [5, 5.41) is 8.59. The second-order valence-corrected chi connectivity index (χ2v) is 2.77. The molecule has 0 spiro atoms. The third-order valence-electron chi connectivity index (χ3n) is 1.65. The van der Waals surface area contributed by atoms with Crippen molar-refractivity contribution in [3.8, 4) is 0 Å². The molecule has 0 aromatic carbocycles. The van der Waals surface area contributed by atoms with E-state index >= 15 is 0 Å². The van der Waals surface area contributed by atoms with Crippen molar-refractivity contribution in [2.75, 3.05) is 6.54 Å². The van der Waals surface area contributed by atoms with Gasteiger partial charge in [-0.1, -0.05) is 5.21 Å². The Hall–Kier alpha value is -1.60. The summed E-state index contributed by atoms with van der Waals surface area (Å²) >= 11 is 0. The number of aromatic nitrogens is 3. The molecule has 8 heteroatoms. The first-order valence-corrected chi connectivity index (χ1v) is 4.13. The Morgan fingerprint density at radius 3 is 2.60 bits per heavy atom. The van der Waals surface area contributed by atoms with Crippen molar-refractivity contribution < 1.29 is 18.0 Å². The predicted molar refractivity (Wildman–Crippen MR) is 44.0 cm³/mol. The van der Waals surface area contributed by atoms with E-state index in [9.17, 15) is 18.0 Å². The summed E-state index contributed by atoms with van der Waals surface area (Å²) in [6.07, 6.45) is -4.64. The van der Waals surface area contributed by atoms with Crippen LogP contribution in [-0.4, -0.2) is 27.4 Å². The molecule has 0 aliphatic carbocycles. The van der Waals surface area contributed by atoms with E-state index in [-0.39, 0.29) is 6.54 Å². The van der Waals surface area contributed by atoms with E-state index in [0.717, 1.165) is 7.05 Å². The number of hydrogen-bond acceptors (Lipinski definition) is 3. The summed E-state index contributed by atoms with van der Waals surface area (Å²) < 4.78 is 37.9. The third kappa shape index (κ3) is 2.25. The second kappa shape index (κ2) is 3.87. The first kappa shape index (κ1) is 11.5. The maximum absolute atomic E-state index is 12.5. The molecule has 0 aliphatic heterocycles. The Bertz CT molecular complexity index is 371. The Morgan fingerprint density at radius 2 is 2.13 bits per heavy atom. The second-order valence-electron chi connectivity index (χ2n) is 2.77. The molecule has 1 rings (SSSR count). The minimum Gasteiger partial charge on any atom is -0.351 e. The lowest BCUT2D eigenvalue weighted by Crippen LogP contribution is -2.26. The van der Waals surface area contributed by atoms with Crippen LogP contribution in [0.15, 0.2) is 0 Å². The minimum absolute atomic E-state index is 0.229. The number of hydrogen-bond donors (Lipinski definition) is 1. The van der Waals surface area contributed by atoms with Gasteiger partial charge in [-0.3, -0.25) is 4.79 Å². The van der Waals surface area contributed by atoms with Crippen molar-refractivity contribution in [2.24, 2.45) is 7.05 Å². The van der Waals surface area contributed by atoms with Crippen molar-refractivity contribution in [1.29, 1.82) is 0 Å². The third-order valence-corrected chi connectivity index (χ3v) is 1.65. The number of rotatable bonds is 2. The quantitative estimate of drug-likeness (QED) is 0.796. The SMILES string of the molecule is CCNC(=O)c1nnn(C)c1C(F)(F)F. The molecule has 1 aromatic rings. The Kier molecular flexibility index (Phi) is 2.96. The van der Waals surface area contributed by atoms with Crippen molar-refractivity contribution in [1.82, 2.24) is 20.3 Å². The standard InChI is InChI=1S/C7H9F3N4O/c1-3-11-6(15)4-5(7(8,9)10)14(2)13-12-4/h3H2,1-2H3,(H,11,15). The average molecular weight is 222 g/mol. The molecular formula is C7H9F3N4O. The molecule has 5 nitrogen and oxygen atoms in total. The van der Waals surface area contributed by atoms with Gasteiger partial charge in [0.1, 0.15) is 0 Å². The van der Waals surface area contributed by atoms with Gasteiger partial charge in [0, 0.05) is 13.6 Å². The highest BCUT2D eigenvalue weighted by Crippen LogP contribution is 2.30. The number of carbonyl (C=O) groups excluding carboxylic acids is 1. The molecule has 0 aliphatic rings. The number of alkyl halides is 3. The van der Waals surface area contributed by atoms with Gasteiger partial charge in [-0.2, -0.15) is 13.2 Å². The van der Waals surface area contributed by atoms with Crippen molar-refractivity contribution in [3.63, 3.8) is 0 Å². The van der Waals surface area contributed by atoms with Gasteiger partial charge < -0.3 is 5.32 Å². The first-order valence-electron chi connectivity index (χ1n) is 4.13. The van der Waals surface area contributed by atoms with E-state index < -0.39 is 23.5 Å².